The molecule has 0 aliphatic heterocycles. The molecular weight excluding hydrogens is 308 g/mol. The van der Waals surface area contributed by atoms with Gasteiger partial charge in [0.15, 0.2) is 0 Å². The normalized spacial score (nSPS) is 10.4. The number of benzene rings is 1. The lowest BCUT2D eigenvalue weighted by Crippen LogP contribution is -2.20. The Balaban J connectivity index is 2.02. The van der Waals surface area contributed by atoms with E-state index in [-0.39, 0.29) is 11.7 Å². The Morgan fingerprint density at radius 2 is 2.10 bits per heavy atom. The van der Waals surface area contributed by atoms with Crippen LogP contribution >= 0.6 is 24.0 Å². The van der Waals surface area contributed by atoms with Gasteiger partial charge in [-0.3, -0.25) is 4.79 Å². The lowest BCUT2D eigenvalue weighted by Gasteiger charge is -2.12. The van der Waals surface area contributed by atoms with Gasteiger partial charge in [-0.2, -0.15) is 0 Å². The van der Waals surface area contributed by atoms with Crippen LogP contribution in [0.1, 0.15) is 0 Å². The number of thiocarbonyl (C=S) groups is 1. The third-order valence-electron chi connectivity index (χ3n) is 2.59. The standard InChI is InChI=1S/C14H14N2O3S2/c1-16(2)14(20)21-8-12(17)15-10-4-5-11-9(7-10)3-6-13(18)19-11/h3-7H,8H2,1-2H3,(H,15,17). The molecule has 0 fully saturated rings. The quantitative estimate of drug-likeness (QED) is 0.691. The van der Waals surface area contributed by atoms with Crippen LogP contribution in [0.2, 0.25) is 0 Å². The second-order valence-electron chi connectivity index (χ2n) is 4.50. The van der Waals surface area contributed by atoms with Crippen LogP contribution in [0.15, 0.2) is 39.5 Å². The van der Waals surface area contributed by atoms with E-state index in [1.807, 2.05) is 14.1 Å². The number of amides is 1. The molecule has 21 heavy (non-hydrogen) atoms. The van der Waals surface area contributed by atoms with Gasteiger partial charge >= 0.3 is 5.63 Å². The molecule has 0 atom stereocenters. The van der Waals surface area contributed by atoms with Crippen LogP contribution in [-0.4, -0.2) is 35.0 Å². The van der Waals surface area contributed by atoms with Crippen molar-refractivity contribution in [2.24, 2.45) is 0 Å². The maximum Gasteiger partial charge on any atom is 0.336 e. The van der Waals surface area contributed by atoms with Crippen molar-refractivity contribution in [2.75, 3.05) is 25.2 Å². The highest BCUT2D eigenvalue weighted by atomic mass is 32.2. The lowest BCUT2D eigenvalue weighted by molar-refractivity contribution is -0.113. The molecular formula is C14H14N2O3S2. The predicted molar refractivity (Wildman–Crippen MR) is 89.9 cm³/mol. The highest BCUT2D eigenvalue weighted by molar-refractivity contribution is 8.23. The van der Waals surface area contributed by atoms with E-state index >= 15 is 0 Å². The number of hydrogen-bond donors (Lipinski definition) is 1. The van der Waals surface area contributed by atoms with Gasteiger partial charge in [-0.05, 0) is 24.3 Å². The van der Waals surface area contributed by atoms with E-state index in [9.17, 15) is 9.59 Å². The molecule has 2 rings (SSSR count). The molecule has 0 spiro atoms. The smallest absolute Gasteiger partial charge is 0.336 e. The summed E-state index contributed by atoms with van der Waals surface area (Å²) in [4.78, 5) is 24.7. The molecule has 0 aliphatic rings. The highest BCUT2D eigenvalue weighted by Crippen LogP contribution is 2.18. The predicted octanol–water partition coefficient (Wildman–Crippen LogP) is 2.31. The summed E-state index contributed by atoms with van der Waals surface area (Å²) in [5.74, 6) is 0.111. The topological polar surface area (TPSA) is 62.6 Å². The van der Waals surface area contributed by atoms with E-state index in [2.05, 4.69) is 5.32 Å². The summed E-state index contributed by atoms with van der Waals surface area (Å²) in [7, 11) is 3.68. The van der Waals surface area contributed by atoms with Gasteiger partial charge in [0.1, 0.15) is 9.90 Å². The van der Waals surface area contributed by atoms with Crippen molar-refractivity contribution in [3.63, 3.8) is 0 Å². The van der Waals surface area contributed by atoms with E-state index in [0.29, 0.717) is 15.6 Å². The molecule has 0 radical (unpaired) electrons. The van der Waals surface area contributed by atoms with Gasteiger partial charge in [-0.15, -0.1) is 0 Å². The van der Waals surface area contributed by atoms with E-state index in [1.165, 1.54) is 17.8 Å². The zero-order valence-electron chi connectivity index (χ0n) is 11.6. The van der Waals surface area contributed by atoms with Crippen LogP contribution in [0.5, 0.6) is 0 Å². The molecule has 1 aromatic carbocycles. The fraction of sp³-hybridized carbons (Fsp3) is 0.214. The van der Waals surface area contributed by atoms with Gasteiger partial charge in [-0.1, -0.05) is 24.0 Å². The summed E-state index contributed by atoms with van der Waals surface area (Å²) < 4.78 is 5.69. The lowest BCUT2D eigenvalue weighted by atomic mass is 10.2. The molecule has 110 valence electrons. The van der Waals surface area contributed by atoms with Gasteiger partial charge in [0.2, 0.25) is 5.91 Å². The molecule has 1 aromatic heterocycles. The van der Waals surface area contributed by atoms with Crippen LogP contribution in [-0.2, 0) is 4.79 Å². The summed E-state index contributed by atoms with van der Waals surface area (Å²) in [5.41, 5.74) is 0.745. The Morgan fingerprint density at radius 3 is 2.81 bits per heavy atom. The second kappa shape index (κ2) is 6.73. The Morgan fingerprint density at radius 1 is 1.33 bits per heavy atom. The monoisotopic (exact) mass is 322 g/mol. The number of fused-ring (bicyclic) bond motifs is 1. The Labute approximate surface area is 131 Å². The Hall–Kier alpha value is -1.86. The molecule has 1 amide bonds. The Bertz CT molecular complexity index is 740. The van der Waals surface area contributed by atoms with E-state index in [0.717, 1.165) is 5.39 Å². The maximum atomic E-state index is 11.8. The average molecular weight is 322 g/mol. The second-order valence-corrected chi connectivity index (χ2v) is 6.11. The van der Waals surface area contributed by atoms with Gasteiger partial charge in [0.25, 0.3) is 0 Å². The van der Waals surface area contributed by atoms with E-state index in [1.54, 1.807) is 29.2 Å². The molecule has 2 aromatic rings. The number of hydrogen-bond acceptors (Lipinski definition) is 5. The first-order valence-corrected chi connectivity index (χ1v) is 7.53. The molecule has 0 saturated carbocycles. The van der Waals surface area contributed by atoms with Crippen molar-refractivity contribution in [1.82, 2.24) is 4.90 Å². The zero-order chi connectivity index (χ0) is 15.4. The summed E-state index contributed by atoms with van der Waals surface area (Å²) in [6.45, 7) is 0. The summed E-state index contributed by atoms with van der Waals surface area (Å²) in [6.07, 6.45) is 0. The van der Waals surface area contributed by atoms with Crippen molar-refractivity contribution in [2.45, 2.75) is 0 Å². The molecule has 7 heteroatoms. The van der Waals surface area contributed by atoms with Crippen molar-refractivity contribution < 1.29 is 9.21 Å². The van der Waals surface area contributed by atoms with E-state index < -0.39 is 5.63 Å². The van der Waals surface area contributed by atoms with Crippen LogP contribution in [0.25, 0.3) is 11.0 Å². The largest absolute Gasteiger partial charge is 0.423 e. The fourth-order valence-corrected chi connectivity index (χ4v) is 2.36. The first-order valence-electron chi connectivity index (χ1n) is 6.13. The molecule has 1 heterocycles. The van der Waals surface area contributed by atoms with Crippen molar-refractivity contribution in [1.29, 1.82) is 0 Å². The number of rotatable bonds is 3. The number of thioether (sulfide) groups is 1. The number of carbonyl (C=O) groups excluding carboxylic acids is 1. The minimum absolute atomic E-state index is 0.138. The van der Waals surface area contributed by atoms with Crippen LogP contribution < -0.4 is 10.9 Å². The molecule has 1 N–H and O–H groups in total. The number of carbonyl (C=O) groups is 1. The average Bonchev–Trinajstić information content (AvgIpc) is 2.44. The molecule has 0 unspecified atom stereocenters. The van der Waals surface area contributed by atoms with Crippen LogP contribution in [0, 0.1) is 0 Å². The molecule has 0 bridgehead atoms. The third kappa shape index (κ3) is 4.30. The molecule has 0 aliphatic carbocycles. The Kier molecular flexibility index (Phi) is 4.98. The third-order valence-corrected chi connectivity index (χ3v) is 4.33. The van der Waals surface area contributed by atoms with Gasteiger partial charge < -0.3 is 14.6 Å². The van der Waals surface area contributed by atoms with Gasteiger partial charge in [0.05, 0.1) is 5.75 Å². The summed E-state index contributed by atoms with van der Waals surface area (Å²) >= 11 is 6.41. The zero-order valence-corrected chi connectivity index (χ0v) is 13.2. The molecule has 0 saturated heterocycles. The molecule has 5 nitrogen and oxygen atoms in total. The van der Waals surface area contributed by atoms with Crippen molar-refractivity contribution in [3.05, 3.63) is 40.8 Å². The van der Waals surface area contributed by atoms with Gasteiger partial charge in [-0.25, -0.2) is 4.79 Å². The SMILES string of the molecule is CN(C)C(=S)SCC(=O)Nc1ccc2oc(=O)ccc2c1. The number of nitrogens with zero attached hydrogens (tertiary/aromatic N) is 1. The minimum atomic E-state index is -0.395. The highest BCUT2D eigenvalue weighted by Gasteiger charge is 2.07. The minimum Gasteiger partial charge on any atom is -0.423 e. The van der Waals surface area contributed by atoms with E-state index in [4.69, 9.17) is 16.6 Å². The first-order chi connectivity index (χ1) is 9.95. The summed E-state index contributed by atoms with van der Waals surface area (Å²) in [6, 6.07) is 8.11. The first kappa shape index (κ1) is 15.5. The fourth-order valence-electron chi connectivity index (χ4n) is 1.60. The summed E-state index contributed by atoms with van der Waals surface area (Å²) in [5, 5.41) is 3.54. The number of anilines is 1. The van der Waals surface area contributed by atoms with Crippen molar-refractivity contribution >= 4 is 50.9 Å². The number of nitrogens with one attached hydrogen (secondary N) is 1. The van der Waals surface area contributed by atoms with Crippen LogP contribution in [0.3, 0.4) is 0 Å². The van der Waals surface area contributed by atoms with Crippen LogP contribution in [0.4, 0.5) is 5.69 Å². The maximum absolute atomic E-state index is 11.8. The van der Waals surface area contributed by atoms with Gasteiger partial charge in [0, 0.05) is 31.2 Å². The van der Waals surface area contributed by atoms with Crippen molar-refractivity contribution in [3.8, 4) is 0 Å².